The number of nitrogens with zero attached hydrogens (tertiary/aromatic N) is 2. The number of para-hydroxylation sites is 1. The lowest BCUT2D eigenvalue weighted by Gasteiger charge is -2.25. The lowest BCUT2D eigenvalue weighted by atomic mass is 9.98. The van der Waals surface area contributed by atoms with E-state index < -0.39 is 0 Å². The SMILES string of the molecule is Cc1ccccc1N1N=C(c2ccc(Cl)cc2)CC1c1ccc(Cl)c(Cl)c1. The molecule has 1 unspecified atom stereocenters. The quantitative estimate of drug-likeness (QED) is 0.438. The first-order chi connectivity index (χ1) is 13.0. The molecular weight excluding hydrogens is 399 g/mol. The minimum atomic E-state index is 0.0477. The highest BCUT2D eigenvalue weighted by molar-refractivity contribution is 6.42. The number of hydrogen-bond donors (Lipinski definition) is 0. The Morgan fingerprint density at radius 2 is 1.63 bits per heavy atom. The number of hydrazone groups is 1. The smallest absolute Gasteiger partial charge is 0.0832 e. The van der Waals surface area contributed by atoms with E-state index in [-0.39, 0.29) is 6.04 Å². The molecule has 0 radical (unpaired) electrons. The van der Waals surface area contributed by atoms with Gasteiger partial charge >= 0.3 is 0 Å². The molecule has 1 heterocycles. The zero-order valence-electron chi connectivity index (χ0n) is 14.7. The van der Waals surface area contributed by atoms with Gasteiger partial charge in [-0.15, -0.1) is 0 Å². The average molecular weight is 416 g/mol. The van der Waals surface area contributed by atoms with Crippen LogP contribution in [0.15, 0.2) is 71.8 Å². The number of aryl methyl sites for hydroxylation is 1. The van der Waals surface area contributed by atoms with Gasteiger partial charge in [0.2, 0.25) is 0 Å². The van der Waals surface area contributed by atoms with Crippen LogP contribution in [0, 0.1) is 6.92 Å². The van der Waals surface area contributed by atoms with Gasteiger partial charge in [-0.05, 0) is 53.9 Å². The summed E-state index contributed by atoms with van der Waals surface area (Å²) >= 11 is 18.4. The number of halogens is 3. The third kappa shape index (κ3) is 3.70. The number of benzene rings is 3. The molecule has 0 aliphatic carbocycles. The molecule has 3 aromatic rings. The number of rotatable bonds is 3. The molecule has 136 valence electrons. The first-order valence-electron chi connectivity index (χ1n) is 8.66. The molecule has 1 aliphatic rings. The fourth-order valence-electron chi connectivity index (χ4n) is 3.35. The molecule has 0 saturated heterocycles. The van der Waals surface area contributed by atoms with E-state index in [0.717, 1.165) is 28.9 Å². The lowest BCUT2D eigenvalue weighted by molar-refractivity contribution is 0.707. The van der Waals surface area contributed by atoms with Crippen LogP contribution in [0.2, 0.25) is 15.1 Å². The fourth-order valence-corrected chi connectivity index (χ4v) is 3.78. The van der Waals surface area contributed by atoms with Crippen LogP contribution < -0.4 is 5.01 Å². The second-order valence-corrected chi connectivity index (χ2v) is 7.83. The minimum Gasteiger partial charge on any atom is -0.257 e. The van der Waals surface area contributed by atoms with Crippen LogP contribution in [0.5, 0.6) is 0 Å². The van der Waals surface area contributed by atoms with E-state index in [4.69, 9.17) is 39.9 Å². The summed E-state index contributed by atoms with van der Waals surface area (Å²) in [4.78, 5) is 0. The van der Waals surface area contributed by atoms with Crippen LogP contribution in [-0.2, 0) is 0 Å². The topological polar surface area (TPSA) is 15.6 Å². The highest BCUT2D eigenvalue weighted by Gasteiger charge is 2.30. The summed E-state index contributed by atoms with van der Waals surface area (Å²) in [5, 5.41) is 8.87. The van der Waals surface area contributed by atoms with Gasteiger partial charge in [-0.25, -0.2) is 0 Å². The van der Waals surface area contributed by atoms with Gasteiger partial charge in [-0.1, -0.05) is 71.2 Å². The Morgan fingerprint density at radius 1 is 0.889 bits per heavy atom. The first kappa shape index (κ1) is 18.4. The molecule has 3 aromatic carbocycles. The molecule has 0 spiro atoms. The van der Waals surface area contributed by atoms with Crippen molar-refractivity contribution in [1.29, 1.82) is 0 Å². The maximum Gasteiger partial charge on any atom is 0.0832 e. The van der Waals surface area contributed by atoms with Crippen molar-refractivity contribution in [1.82, 2.24) is 0 Å². The van der Waals surface area contributed by atoms with Gasteiger partial charge in [0.05, 0.1) is 27.5 Å². The maximum atomic E-state index is 6.29. The molecule has 0 aromatic heterocycles. The summed E-state index contributed by atoms with van der Waals surface area (Å²) in [6.07, 6.45) is 0.772. The van der Waals surface area contributed by atoms with Crippen LogP contribution in [0.25, 0.3) is 0 Å². The highest BCUT2D eigenvalue weighted by Crippen LogP contribution is 2.39. The van der Waals surface area contributed by atoms with Crippen molar-refractivity contribution in [2.24, 2.45) is 5.10 Å². The molecule has 0 bridgehead atoms. The van der Waals surface area contributed by atoms with E-state index in [1.807, 2.05) is 54.6 Å². The highest BCUT2D eigenvalue weighted by atomic mass is 35.5. The monoisotopic (exact) mass is 414 g/mol. The summed E-state index contributed by atoms with van der Waals surface area (Å²) < 4.78 is 0. The Morgan fingerprint density at radius 3 is 2.33 bits per heavy atom. The van der Waals surface area contributed by atoms with Gasteiger partial charge in [-0.3, -0.25) is 5.01 Å². The van der Waals surface area contributed by atoms with Crippen LogP contribution in [0.3, 0.4) is 0 Å². The number of anilines is 1. The van der Waals surface area contributed by atoms with Crippen LogP contribution in [0.4, 0.5) is 5.69 Å². The summed E-state index contributed by atoms with van der Waals surface area (Å²) in [6, 6.07) is 21.9. The maximum absolute atomic E-state index is 6.29. The van der Waals surface area contributed by atoms with E-state index in [2.05, 4.69) is 24.1 Å². The molecule has 0 saturated carbocycles. The zero-order valence-corrected chi connectivity index (χ0v) is 16.9. The molecule has 0 fully saturated rings. The van der Waals surface area contributed by atoms with Gasteiger partial charge in [-0.2, -0.15) is 5.10 Å². The molecule has 1 aliphatic heterocycles. The molecule has 1 atom stereocenters. The lowest BCUT2D eigenvalue weighted by Crippen LogP contribution is -2.19. The molecule has 4 rings (SSSR count). The first-order valence-corrected chi connectivity index (χ1v) is 9.79. The van der Waals surface area contributed by atoms with Crippen LogP contribution in [-0.4, -0.2) is 5.71 Å². The van der Waals surface area contributed by atoms with Crippen LogP contribution >= 0.6 is 34.8 Å². The molecule has 27 heavy (non-hydrogen) atoms. The normalized spacial score (nSPS) is 16.5. The Bertz CT molecular complexity index is 1010. The second kappa shape index (κ2) is 7.55. The van der Waals surface area contributed by atoms with Gasteiger partial charge in [0, 0.05) is 11.4 Å². The molecule has 2 nitrogen and oxygen atoms in total. The Balaban J connectivity index is 1.79. The summed E-state index contributed by atoms with van der Waals surface area (Å²) in [7, 11) is 0. The second-order valence-electron chi connectivity index (χ2n) is 6.58. The van der Waals surface area contributed by atoms with E-state index in [9.17, 15) is 0 Å². The van der Waals surface area contributed by atoms with E-state index in [1.165, 1.54) is 5.56 Å². The third-order valence-corrected chi connectivity index (χ3v) is 5.77. The number of hydrogen-bond acceptors (Lipinski definition) is 2. The summed E-state index contributed by atoms with van der Waals surface area (Å²) in [5.74, 6) is 0. The Hall–Kier alpha value is -2.00. The van der Waals surface area contributed by atoms with Gasteiger partial charge < -0.3 is 0 Å². The van der Waals surface area contributed by atoms with Gasteiger partial charge in [0.1, 0.15) is 0 Å². The fraction of sp³-hybridized carbons (Fsp3) is 0.136. The predicted molar refractivity (Wildman–Crippen MR) is 115 cm³/mol. The van der Waals surface area contributed by atoms with E-state index in [1.54, 1.807) is 0 Å². The Kier molecular flexibility index (Phi) is 5.14. The van der Waals surface area contributed by atoms with Crippen molar-refractivity contribution in [3.8, 4) is 0 Å². The Labute approximate surface area is 174 Å². The molecule has 0 amide bonds. The van der Waals surface area contributed by atoms with Crippen LogP contribution in [0.1, 0.15) is 29.2 Å². The molecule has 5 heteroatoms. The molecular formula is C22H17Cl3N2. The van der Waals surface area contributed by atoms with Gasteiger partial charge in [0.15, 0.2) is 0 Å². The van der Waals surface area contributed by atoms with Crippen molar-refractivity contribution >= 4 is 46.2 Å². The largest absolute Gasteiger partial charge is 0.257 e. The van der Waals surface area contributed by atoms with E-state index in [0.29, 0.717) is 15.1 Å². The van der Waals surface area contributed by atoms with Crippen molar-refractivity contribution < 1.29 is 0 Å². The average Bonchev–Trinajstić information content (AvgIpc) is 3.10. The molecule has 0 N–H and O–H groups in total. The summed E-state index contributed by atoms with van der Waals surface area (Å²) in [5.41, 5.74) is 5.42. The third-order valence-electron chi connectivity index (χ3n) is 4.78. The standard InChI is InChI=1S/C22H17Cl3N2/c1-14-4-2-3-5-21(14)27-22(16-8-11-18(24)19(25)12-16)13-20(26-27)15-6-9-17(23)10-7-15/h2-12,22H,13H2,1H3. The van der Waals surface area contributed by atoms with Crippen molar-refractivity contribution in [2.45, 2.75) is 19.4 Å². The van der Waals surface area contributed by atoms with E-state index >= 15 is 0 Å². The summed E-state index contributed by atoms with van der Waals surface area (Å²) in [6.45, 7) is 2.09. The minimum absolute atomic E-state index is 0.0477. The zero-order chi connectivity index (χ0) is 19.0. The van der Waals surface area contributed by atoms with Crippen molar-refractivity contribution in [3.63, 3.8) is 0 Å². The predicted octanol–water partition coefficient (Wildman–Crippen LogP) is 7.31. The van der Waals surface area contributed by atoms with Gasteiger partial charge in [0.25, 0.3) is 0 Å². The van der Waals surface area contributed by atoms with Crippen molar-refractivity contribution in [3.05, 3.63) is 98.5 Å². The van der Waals surface area contributed by atoms with Crippen molar-refractivity contribution in [2.75, 3.05) is 5.01 Å².